The van der Waals surface area contributed by atoms with E-state index in [0.717, 1.165) is 56.0 Å². The van der Waals surface area contributed by atoms with Crippen molar-refractivity contribution in [3.05, 3.63) is 227 Å². The zero-order chi connectivity index (χ0) is 50.7. The summed E-state index contributed by atoms with van der Waals surface area (Å²) in [5, 5.41) is 4.75. The van der Waals surface area contributed by atoms with Gasteiger partial charge in [-0.2, -0.15) is 0 Å². The lowest BCUT2D eigenvalue weighted by Gasteiger charge is -2.32. The summed E-state index contributed by atoms with van der Waals surface area (Å²) in [5.74, 6) is 0.889. The summed E-state index contributed by atoms with van der Waals surface area (Å²) in [6.45, 7) is 19.3. The van der Waals surface area contributed by atoms with Gasteiger partial charge in [-0.25, -0.2) is 4.98 Å². The maximum Gasteiger partial charge on any atom is 0.145 e. The van der Waals surface area contributed by atoms with Crippen LogP contribution in [0.1, 0.15) is 99.9 Å². The highest BCUT2D eigenvalue weighted by atomic mass is 16.3. The summed E-state index contributed by atoms with van der Waals surface area (Å²) >= 11 is 0. The lowest BCUT2D eigenvalue weighted by Crippen LogP contribution is -2.24. The van der Waals surface area contributed by atoms with Crippen LogP contribution >= 0.6 is 0 Å². The number of hydrogen-bond donors (Lipinski definition) is 0. The first kappa shape index (κ1) is 43.0. The zero-order valence-corrected chi connectivity index (χ0v) is 43.5. The third-order valence-electron chi connectivity index (χ3n) is 18.4. The van der Waals surface area contributed by atoms with Crippen LogP contribution in [0.5, 0.6) is 0 Å². The molecule has 0 spiro atoms. The molecule has 75 heavy (non-hydrogen) atoms. The molecular formula is C71H54N2O2. The van der Waals surface area contributed by atoms with Gasteiger partial charge in [-0.3, -0.25) is 4.90 Å². The van der Waals surface area contributed by atoms with E-state index in [2.05, 4.69) is 236 Å². The van der Waals surface area contributed by atoms with Crippen molar-refractivity contribution in [2.24, 2.45) is 0 Å². The number of furan rings is 2. The van der Waals surface area contributed by atoms with Gasteiger partial charge in [-0.05, 0) is 156 Å². The highest BCUT2D eigenvalue weighted by Gasteiger charge is 2.49. The minimum atomic E-state index is -0.364. The van der Waals surface area contributed by atoms with E-state index in [1.54, 1.807) is 0 Å². The van der Waals surface area contributed by atoms with Crippen LogP contribution in [0.15, 0.2) is 191 Å². The Morgan fingerprint density at radius 2 is 0.920 bits per heavy atom. The first-order chi connectivity index (χ1) is 36.2. The number of aromatic nitrogens is 1. The molecule has 0 N–H and O–H groups in total. The molecule has 0 aliphatic heterocycles. The molecule has 0 saturated carbocycles. The van der Waals surface area contributed by atoms with Crippen molar-refractivity contribution in [2.75, 3.05) is 4.90 Å². The van der Waals surface area contributed by atoms with Crippen molar-refractivity contribution in [2.45, 2.75) is 77.0 Å². The topological polar surface area (TPSA) is 42.4 Å². The minimum absolute atomic E-state index is 0.194. The molecule has 3 aromatic heterocycles. The summed E-state index contributed by atoms with van der Waals surface area (Å²) in [4.78, 5) is 7.76. The fraction of sp³-hybridized carbons (Fsp3) is 0.169. The molecule has 9 aromatic carbocycles. The van der Waals surface area contributed by atoms with Crippen LogP contribution in [0.25, 0.3) is 99.5 Å². The Kier molecular flexibility index (Phi) is 8.15. The van der Waals surface area contributed by atoms with E-state index in [-0.39, 0.29) is 21.7 Å². The lowest BCUT2D eigenvalue weighted by molar-refractivity contribution is 0.600. The number of pyridine rings is 1. The summed E-state index contributed by atoms with van der Waals surface area (Å²) in [6.07, 6.45) is 1.94. The number of anilines is 3. The third kappa shape index (κ3) is 5.34. The molecular weight excluding hydrogens is 913 g/mol. The smallest absolute Gasteiger partial charge is 0.145 e. The predicted molar refractivity (Wildman–Crippen MR) is 309 cm³/mol. The number of rotatable bonds is 4. The van der Waals surface area contributed by atoms with Gasteiger partial charge in [0.25, 0.3) is 0 Å². The molecule has 4 nitrogen and oxygen atoms in total. The van der Waals surface area contributed by atoms with Crippen molar-refractivity contribution >= 4 is 61.1 Å². The Bertz CT molecular complexity index is 4540. The third-order valence-corrected chi connectivity index (χ3v) is 18.4. The van der Waals surface area contributed by atoms with Gasteiger partial charge in [0.1, 0.15) is 28.1 Å². The Balaban J connectivity index is 0.905. The van der Waals surface area contributed by atoms with Gasteiger partial charge in [-0.1, -0.05) is 165 Å². The van der Waals surface area contributed by atoms with Gasteiger partial charge in [0, 0.05) is 71.9 Å². The first-order valence-electron chi connectivity index (χ1n) is 26.6. The molecule has 0 atom stereocenters. The van der Waals surface area contributed by atoms with Gasteiger partial charge in [0.2, 0.25) is 0 Å². The second kappa shape index (κ2) is 14.2. The molecule has 4 aliphatic carbocycles. The molecule has 0 bridgehead atoms. The van der Waals surface area contributed by atoms with Gasteiger partial charge in [0.15, 0.2) is 0 Å². The predicted octanol–water partition coefficient (Wildman–Crippen LogP) is 19.2. The fourth-order valence-electron chi connectivity index (χ4n) is 14.9. The minimum Gasteiger partial charge on any atom is -0.456 e. The van der Waals surface area contributed by atoms with E-state index in [1.165, 1.54) is 105 Å². The van der Waals surface area contributed by atoms with Gasteiger partial charge < -0.3 is 8.83 Å². The van der Waals surface area contributed by atoms with Crippen molar-refractivity contribution < 1.29 is 8.83 Å². The monoisotopic (exact) mass is 966 g/mol. The molecule has 0 unspecified atom stereocenters. The normalized spacial score (nSPS) is 16.2. The maximum absolute atomic E-state index is 7.02. The van der Waals surface area contributed by atoms with E-state index < -0.39 is 0 Å². The fourth-order valence-corrected chi connectivity index (χ4v) is 14.9. The molecule has 0 saturated heterocycles. The molecule has 4 heteroatoms. The van der Waals surface area contributed by atoms with E-state index in [0.29, 0.717) is 0 Å². The maximum atomic E-state index is 7.02. The SMILES string of the molecule is CC1(C)c2cc(N(c3ccc4c(c3)C(C)(C)c3c5c(c6oc7ccccc7c6c3-4)-c3ccccc3C5(C)C)c3ncccc3-c3ccccc3)ccc2-c2cc3c(cc21)-c1c(ccc2oc4ccccc4c12)C3(C)C. The lowest BCUT2D eigenvalue weighted by atomic mass is 9.72. The molecule has 360 valence electrons. The van der Waals surface area contributed by atoms with Crippen LogP contribution in [0, 0.1) is 0 Å². The summed E-state index contributed by atoms with van der Waals surface area (Å²) in [5.41, 5.74) is 28.1. The van der Waals surface area contributed by atoms with Gasteiger partial charge in [0.05, 0.1) is 0 Å². The van der Waals surface area contributed by atoms with Crippen LogP contribution in [-0.2, 0) is 21.7 Å². The second-order valence-corrected chi connectivity index (χ2v) is 23.8. The summed E-state index contributed by atoms with van der Waals surface area (Å²) < 4.78 is 13.5. The number of para-hydroxylation sites is 2. The van der Waals surface area contributed by atoms with Crippen LogP contribution in [-0.4, -0.2) is 4.98 Å². The number of nitrogens with zero attached hydrogens (tertiary/aromatic N) is 2. The number of fused-ring (bicyclic) bond motifs is 22. The second-order valence-electron chi connectivity index (χ2n) is 23.8. The van der Waals surface area contributed by atoms with Crippen LogP contribution in [0.4, 0.5) is 17.2 Å². The van der Waals surface area contributed by atoms with Crippen molar-refractivity contribution in [3.8, 4) is 55.6 Å². The van der Waals surface area contributed by atoms with E-state index in [4.69, 9.17) is 13.8 Å². The van der Waals surface area contributed by atoms with Crippen molar-refractivity contribution in [1.82, 2.24) is 4.98 Å². The average molecular weight is 967 g/mol. The van der Waals surface area contributed by atoms with E-state index >= 15 is 0 Å². The molecule has 4 aliphatic rings. The average Bonchev–Trinajstić information content (AvgIpc) is 4.32. The number of hydrogen-bond acceptors (Lipinski definition) is 4. The molecule has 3 heterocycles. The Morgan fingerprint density at radius 1 is 0.360 bits per heavy atom. The standard InChI is InChI=1S/C71H54N2O2/c1-68(2)51-32-33-58-60(46-22-13-16-26-56(46)74-58)59(51)49-38-54-48(37-55(49)68)43-30-28-40(35-52(43)69(54,3)4)73(67-42(24-18-34-72-67)39-19-10-9-11-20-39)41-29-31-45-53(36-41)71(7,8)64-61(45)62-47-23-14-17-27-57(47)75-66(62)63-44-21-12-15-25-50(44)70(5,6)65(63)64/h9-38H,1-8H3. The Hall–Kier alpha value is -8.47. The first-order valence-corrected chi connectivity index (χ1v) is 26.6. The Labute approximate surface area is 436 Å². The Morgan fingerprint density at radius 3 is 1.69 bits per heavy atom. The summed E-state index contributed by atoms with van der Waals surface area (Å²) in [6, 6.07) is 65.0. The number of benzene rings is 9. The largest absolute Gasteiger partial charge is 0.456 e. The molecule has 12 aromatic rings. The van der Waals surface area contributed by atoms with E-state index in [9.17, 15) is 0 Å². The molecule has 0 amide bonds. The zero-order valence-electron chi connectivity index (χ0n) is 43.5. The van der Waals surface area contributed by atoms with Crippen LogP contribution < -0.4 is 4.90 Å². The van der Waals surface area contributed by atoms with E-state index in [1.807, 2.05) is 6.20 Å². The molecule has 0 radical (unpaired) electrons. The van der Waals surface area contributed by atoms with Crippen molar-refractivity contribution in [1.29, 1.82) is 0 Å². The van der Waals surface area contributed by atoms with Crippen LogP contribution in [0.2, 0.25) is 0 Å². The van der Waals surface area contributed by atoms with Gasteiger partial charge in [-0.15, -0.1) is 0 Å². The highest BCUT2D eigenvalue weighted by Crippen LogP contribution is 2.64. The van der Waals surface area contributed by atoms with Crippen molar-refractivity contribution in [3.63, 3.8) is 0 Å². The van der Waals surface area contributed by atoms with Gasteiger partial charge >= 0.3 is 0 Å². The molecule has 0 fully saturated rings. The highest BCUT2D eigenvalue weighted by molar-refractivity contribution is 6.21. The quantitative estimate of drug-likeness (QED) is 0.176. The van der Waals surface area contributed by atoms with Crippen LogP contribution in [0.3, 0.4) is 0 Å². The molecule has 16 rings (SSSR count). The summed E-state index contributed by atoms with van der Waals surface area (Å²) in [7, 11) is 0.